The molecule has 0 aliphatic carbocycles. The minimum absolute atomic E-state index is 0.170. The Labute approximate surface area is 128 Å². The lowest BCUT2D eigenvalue weighted by atomic mass is 10.1. The Morgan fingerprint density at radius 1 is 1.14 bits per heavy atom. The molecule has 0 spiro atoms. The van der Waals surface area contributed by atoms with Gasteiger partial charge in [0, 0.05) is 11.1 Å². The molecule has 1 amide bonds. The molecule has 0 radical (unpaired) electrons. The van der Waals surface area contributed by atoms with Gasteiger partial charge in [0.2, 0.25) is 11.7 Å². The van der Waals surface area contributed by atoms with Gasteiger partial charge in [-0.25, -0.2) is 0 Å². The van der Waals surface area contributed by atoms with Crippen LogP contribution in [0.15, 0.2) is 59.1 Å². The van der Waals surface area contributed by atoms with Gasteiger partial charge in [0.25, 0.3) is 5.91 Å². The third-order valence-electron chi connectivity index (χ3n) is 3.18. The number of carbonyl (C=O) groups excluding carboxylic acids is 1. The quantitative estimate of drug-likeness (QED) is 0.803. The normalized spacial score (nSPS) is 10.4. The molecule has 0 aliphatic heterocycles. The van der Waals surface area contributed by atoms with Gasteiger partial charge in [0.15, 0.2) is 0 Å². The van der Waals surface area contributed by atoms with Crippen LogP contribution in [0.25, 0.3) is 11.4 Å². The molecule has 0 saturated carbocycles. The average molecular weight is 293 g/mol. The molecule has 5 heteroatoms. The summed E-state index contributed by atoms with van der Waals surface area (Å²) in [6.07, 6.45) is 0. The van der Waals surface area contributed by atoms with E-state index in [2.05, 4.69) is 15.5 Å². The maximum absolute atomic E-state index is 11.9. The number of hydrogen-bond acceptors (Lipinski definition) is 4. The first-order chi connectivity index (χ1) is 10.7. The van der Waals surface area contributed by atoms with Gasteiger partial charge < -0.3 is 9.84 Å². The second-order valence-corrected chi connectivity index (χ2v) is 4.93. The molecule has 110 valence electrons. The Bertz CT molecular complexity index is 781. The molecule has 1 aromatic heterocycles. The van der Waals surface area contributed by atoms with E-state index in [1.54, 1.807) is 12.1 Å². The van der Waals surface area contributed by atoms with E-state index in [1.807, 2.05) is 49.4 Å². The van der Waals surface area contributed by atoms with Crippen molar-refractivity contribution in [3.05, 3.63) is 71.6 Å². The van der Waals surface area contributed by atoms with E-state index >= 15 is 0 Å². The summed E-state index contributed by atoms with van der Waals surface area (Å²) in [6, 6.07) is 16.9. The molecule has 2 aromatic carbocycles. The van der Waals surface area contributed by atoms with Crippen LogP contribution in [0.1, 0.15) is 21.8 Å². The first-order valence-corrected chi connectivity index (χ1v) is 6.95. The van der Waals surface area contributed by atoms with E-state index in [-0.39, 0.29) is 12.5 Å². The Morgan fingerprint density at radius 3 is 2.73 bits per heavy atom. The van der Waals surface area contributed by atoms with Crippen molar-refractivity contribution < 1.29 is 9.32 Å². The largest absolute Gasteiger partial charge is 0.343 e. The number of aromatic nitrogens is 2. The lowest BCUT2D eigenvalue weighted by Crippen LogP contribution is -2.22. The maximum atomic E-state index is 11.9. The fourth-order valence-corrected chi connectivity index (χ4v) is 2.08. The molecule has 22 heavy (non-hydrogen) atoms. The average Bonchev–Trinajstić information content (AvgIpc) is 3.02. The number of rotatable bonds is 4. The zero-order valence-electron chi connectivity index (χ0n) is 12.1. The van der Waals surface area contributed by atoms with E-state index < -0.39 is 0 Å². The molecule has 0 aliphatic rings. The number of benzene rings is 2. The number of aryl methyl sites for hydroxylation is 1. The lowest BCUT2D eigenvalue weighted by molar-refractivity contribution is 0.0946. The van der Waals surface area contributed by atoms with Crippen LogP contribution in [-0.4, -0.2) is 16.0 Å². The van der Waals surface area contributed by atoms with Gasteiger partial charge in [-0.1, -0.05) is 47.1 Å². The molecule has 0 atom stereocenters. The predicted octanol–water partition coefficient (Wildman–Crippen LogP) is 2.98. The highest BCUT2D eigenvalue weighted by molar-refractivity contribution is 5.93. The topological polar surface area (TPSA) is 68.0 Å². The molecule has 0 bridgehead atoms. The molecule has 1 heterocycles. The fraction of sp³-hybridized carbons (Fsp3) is 0.118. The van der Waals surface area contributed by atoms with Gasteiger partial charge in [-0.05, 0) is 25.1 Å². The molecule has 5 nitrogen and oxygen atoms in total. The van der Waals surface area contributed by atoms with E-state index in [0.717, 1.165) is 11.1 Å². The van der Waals surface area contributed by atoms with Crippen molar-refractivity contribution >= 4 is 5.91 Å². The number of carbonyl (C=O) groups is 1. The van der Waals surface area contributed by atoms with Gasteiger partial charge in [-0.2, -0.15) is 4.98 Å². The van der Waals surface area contributed by atoms with Crippen LogP contribution >= 0.6 is 0 Å². The minimum atomic E-state index is -0.170. The molecule has 1 N–H and O–H groups in total. The van der Waals surface area contributed by atoms with Crippen molar-refractivity contribution in [2.45, 2.75) is 13.5 Å². The highest BCUT2D eigenvalue weighted by atomic mass is 16.5. The summed E-state index contributed by atoms with van der Waals surface area (Å²) in [4.78, 5) is 16.2. The van der Waals surface area contributed by atoms with E-state index in [9.17, 15) is 4.79 Å². The molecule has 3 rings (SSSR count). The van der Waals surface area contributed by atoms with Crippen molar-refractivity contribution in [3.8, 4) is 11.4 Å². The molecular weight excluding hydrogens is 278 g/mol. The summed E-state index contributed by atoms with van der Waals surface area (Å²) in [6.45, 7) is 2.21. The second-order valence-electron chi connectivity index (χ2n) is 4.93. The maximum Gasteiger partial charge on any atom is 0.251 e. The monoisotopic (exact) mass is 293 g/mol. The molecular formula is C17H15N3O2. The standard InChI is InChI=1S/C17H15N3O2/c1-12-6-5-9-14(10-12)16-19-15(22-20-16)11-18-17(21)13-7-3-2-4-8-13/h2-10H,11H2,1H3,(H,18,21). The Balaban J connectivity index is 1.66. The zero-order chi connectivity index (χ0) is 15.4. The Kier molecular flexibility index (Phi) is 3.96. The van der Waals surface area contributed by atoms with Crippen molar-refractivity contribution in [2.24, 2.45) is 0 Å². The van der Waals surface area contributed by atoms with Gasteiger partial charge in [0.1, 0.15) is 0 Å². The molecule has 0 saturated heterocycles. The first kappa shape index (κ1) is 14.0. The van der Waals surface area contributed by atoms with E-state index in [0.29, 0.717) is 17.3 Å². The van der Waals surface area contributed by atoms with E-state index in [1.165, 1.54) is 0 Å². The number of nitrogens with zero attached hydrogens (tertiary/aromatic N) is 2. The summed E-state index contributed by atoms with van der Waals surface area (Å²) in [7, 11) is 0. The predicted molar refractivity (Wildman–Crippen MR) is 82.1 cm³/mol. The van der Waals surface area contributed by atoms with Gasteiger partial charge in [-0.15, -0.1) is 0 Å². The summed E-state index contributed by atoms with van der Waals surface area (Å²) >= 11 is 0. The summed E-state index contributed by atoms with van der Waals surface area (Å²) < 4.78 is 5.17. The minimum Gasteiger partial charge on any atom is -0.343 e. The van der Waals surface area contributed by atoms with Crippen molar-refractivity contribution in [1.82, 2.24) is 15.5 Å². The van der Waals surface area contributed by atoms with Crippen LogP contribution in [0.3, 0.4) is 0 Å². The third-order valence-corrected chi connectivity index (χ3v) is 3.18. The van der Waals surface area contributed by atoms with Crippen molar-refractivity contribution in [1.29, 1.82) is 0 Å². The SMILES string of the molecule is Cc1cccc(-c2noc(CNC(=O)c3ccccc3)n2)c1. The number of amides is 1. The van der Waals surface area contributed by atoms with Crippen LogP contribution in [-0.2, 0) is 6.54 Å². The number of hydrogen-bond donors (Lipinski definition) is 1. The van der Waals surface area contributed by atoms with Crippen LogP contribution in [0.2, 0.25) is 0 Å². The summed E-state index contributed by atoms with van der Waals surface area (Å²) in [5.74, 6) is 0.726. The Hall–Kier alpha value is -2.95. The smallest absolute Gasteiger partial charge is 0.251 e. The van der Waals surface area contributed by atoms with Gasteiger partial charge in [0.05, 0.1) is 6.54 Å². The van der Waals surface area contributed by atoms with Crippen molar-refractivity contribution in [2.75, 3.05) is 0 Å². The van der Waals surface area contributed by atoms with Gasteiger partial charge >= 0.3 is 0 Å². The molecule has 3 aromatic rings. The van der Waals surface area contributed by atoms with Crippen LogP contribution in [0.4, 0.5) is 0 Å². The highest BCUT2D eigenvalue weighted by Crippen LogP contribution is 2.16. The lowest BCUT2D eigenvalue weighted by Gasteiger charge is -2.01. The Morgan fingerprint density at radius 2 is 1.95 bits per heavy atom. The van der Waals surface area contributed by atoms with Crippen LogP contribution in [0, 0.1) is 6.92 Å². The van der Waals surface area contributed by atoms with E-state index in [4.69, 9.17) is 4.52 Å². The molecule has 0 unspecified atom stereocenters. The zero-order valence-corrected chi connectivity index (χ0v) is 12.1. The highest BCUT2D eigenvalue weighted by Gasteiger charge is 2.10. The van der Waals surface area contributed by atoms with Crippen molar-refractivity contribution in [3.63, 3.8) is 0 Å². The van der Waals surface area contributed by atoms with Gasteiger partial charge in [-0.3, -0.25) is 4.79 Å². The second kappa shape index (κ2) is 6.22. The molecule has 0 fully saturated rings. The van der Waals surface area contributed by atoms with Crippen LogP contribution < -0.4 is 5.32 Å². The summed E-state index contributed by atoms with van der Waals surface area (Å²) in [5, 5.41) is 6.70. The van der Waals surface area contributed by atoms with Crippen LogP contribution in [0.5, 0.6) is 0 Å². The third kappa shape index (κ3) is 3.20. The fourth-order valence-electron chi connectivity index (χ4n) is 2.08. The number of nitrogens with one attached hydrogen (secondary N) is 1. The summed E-state index contributed by atoms with van der Waals surface area (Å²) in [5.41, 5.74) is 2.62. The first-order valence-electron chi connectivity index (χ1n) is 6.95.